The number of hydrogen-bond acceptors (Lipinski definition) is 6. The van der Waals surface area contributed by atoms with Crippen molar-refractivity contribution >= 4 is 34.1 Å². The first-order valence-electron chi connectivity index (χ1n) is 9.19. The molecule has 8 heteroatoms. The number of furan rings is 1. The number of nitrogens with one attached hydrogen (secondary N) is 2. The molecule has 0 aliphatic rings. The van der Waals surface area contributed by atoms with Gasteiger partial charge in [-0.2, -0.15) is 0 Å². The van der Waals surface area contributed by atoms with Crippen LogP contribution in [0.2, 0.25) is 0 Å². The second-order valence-electron chi connectivity index (χ2n) is 6.51. The Morgan fingerprint density at radius 2 is 1.87 bits per heavy atom. The summed E-state index contributed by atoms with van der Waals surface area (Å²) >= 11 is 1.26. The molecule has 4 aromatic rings. The van der Waals surface area contributed by atoms with E-state index in [1.165, 1.54) is 17.6 Å². The molecule has 0 atom stereocenters. The minimum atomic E-state index is -0.297. The summed E-state index contributed by atoms with van der Waals surface area (Å²) in [4.78, 5) is 33.1. The normalized spacial score (nSPS) is 10.6. The zero-order valence-electron chi connectivity index (χ0n) is 16.1. The Bertz CT molecular complexity index is 1170. The number of carbonyl (C=O) groups excluding carboxylic acids is 2. The number of benzene rings is 1. The first kappa shape index (κ1) is 19.5. The van der Waals surface area contributed by atoms with E-state index in [0.717, 1.165) is 11.1 Å². The summed E-state index contributed by atoms with van der Waals surface area (Å²) in [7, 11) is 0. The van der Waals surface area contributed by atoms with E-state index in [-0.39, 0.29) is 18.2 Å². The van der Waals surface area contributed by atoms with Crippen LogP contribution in [0, 0.1) is 6.92 Å². The maximum absolute atomic E-state index is 12.3. The SMILES string of the molecule is Cc1occc1C(=O)Nc1nc(CC(=O)Nc2ccc(-c3ccccc3)cn2)cs1. The summed E-state index contributed by atoms with van der Waals surface area (Å²) in [6.07, 6.45) is 3.26. The first-order valence-corrected chi connectivity index (χ1v) is 10.1. The van der Waals surface area contributed by atoms with Crippen molar-refractivity contribution < 1.29 is 14.0 Å². The summed E-state index contributed by atoms with van der Waals surface area (Å²) < 4.78 is 5.13. The van der Waals surface area contributed by atoms with Crippen LogP contribution in [0.4, 0.5) is 10.9 Å². The number of aryl methyl sites for hydroxylation is 1. The molecule has 0 unspecified atom stereocenters. The number of anilines is 2. The highest BCUT2D eigenvalue weighted by molar-refractivity contribution is 7.14. The minimum Gasteiger partial charge on any atom is -0.469 e. The van der Waals surface area contributed by atoms with Crippen LogP contribution in [-0.2, 0) is 11.2 Å². The summed E-state index contributed by atoms with van der Waals surface area (Å²) in [5.41, 5.74) is 3.05. The van der Waals surface area contributed by atoms with Crippen molar-refractivity contribution in [1.29, 1.82) is 0 Å². The largest absolute Gasteiger partial charge is 0.469 e. The van der Waals surface area contributed by atoms with E-state index in [2.05, 4.69) is 20.6 Å². The lowest BCUT2D eigenvalue weighted by Gasteiger charge is -2.05. The second-order valence-corrected chi connectivity index (χ2v) is 7.37. The summed E-state index contributed by atoms with van der Waals surface area (Å²) in [6, 6.07) is 15.2. The minimum absolute atomic E-state index is 0.0826. The Morgan fingerprint density at radius 3 is 2.57 bits per heavy atom. The lowest BCUT2D eigenvalue weighted by Crippen LogP contribution is -2.16. The predicted molar refractivity (Wildman–Crippen MR) is 116 cm³/mol. The molecule has 2 N–H and O–H groups in total. The fourth-order valence-electron chi connectivity index (χ4n) is 2.85. The van der Waals surface area contributed by atoms with Crippen LogP contribution in [0.3, 0.4) is 0 Å². The Hall–Kier alpha value is -3.78. The highest BCUT2D eigenvalue weighted by atomic mass is 32.1. The molecule has 0 radical (unpaired) electrons. The zero-order valence-corrected chi connectivity index (χ0v) is 16.9. The molecule has 2 amide bonds. The van der Waals surface area contributed by atoms with Gasteiger partial charge in [0.2, 0.25) is 5.91 Å². The Kier molecular flexibility index (Phi) is 5.67. The molecule has 4 rings (SSSR count). The zero-order chi connectivity index (χ0) is 20.9. The molecule has 30 heavy (non-hydrogen) atoms. The quantitative estimate of drug-likeness (QED) is 0.479. The fourth-order valence-corrected chi connectivity index (χ4v) is 3.56. The van der Waals surface area contributed by atoms with Gasteiger partial charge < -0.3 is 9.73 Å². The number of hydrogen-bond donors (Lipinski definition) is 2. The second kappa shape index (κ2) is 8.71. The van der Waals surface area contributed by atoms with Gasteiger partial charge in [0, 0.05) is 17.1 Å². The fraction of sp³-hybridized carbons (Fsp3) is 0.0909. The third kappa shape index (κ3) is 4.61. The van der Waals surface area contributed by atoms with Crippen LogP contribution in [0.25, 0.3) is 11.1 Å². The molecule has 3 heterocycles. The molecule has 0 aliphatic heterocycles. The van der Waals surface area contributed by atoms with Crippen molar-refractivity contribution in [2.24, 2.45) is 0 Å². The molecule has 0 saturated carbocycles. The Balaban J connectivity index is 1.33. The third-order valence-corrected chi connectivity index (χ3v) is 5.16. The topological polar surface area (TPSA) is 97.1 Å². The van der Waals surface area contributed by atoms with Crippen LogP contribution < -0.4 is 10.6 Å². The Labute approximate surface area is 176 Å². The molecule has 0 aliphatic carbocycles. The molecule has 150 valence electrons. The van der Waals surface area contributed by atoms with Gasteiger partial charge in [0.25, 0.3) is 5.91 Å². The van der Waals surface area contributed by atoms with Crippen molar-refractivity contribution in [1.82, 2.24) is 9.97 Å². The van der Waals surface area contributed by atoms with Gasteiger partial charge in [0.05, 0.1) is 23.9 Å². The lowest BCUT2D eigenvalue weighted by atomic mass is 10.1. The van der Waals surface area contributed by atoms with E-state index in [1.807, 2.05) is 36.4 Å². The van der Waals surface area contributed by atoms with Crippen molar-refractivity contribution in [3.05, 3.63) is 83.4 Å². The summed E-state index contributed by atoms with van der Waals surface area (Å²) in [5, 5.41) is 7.64. The number of carbonyl (C=O) groups is 2. The van der Waals surface area contributed by atoms with Gasteiger partial charge in [0.15, 0.2) is 5.13 Å². The number of pyridine rings is 1. The first-order chi connectivity index (χ1) is 14.6. The average Bonchev–Trinajstić information content (AvgIpc) is 3.37. The van der Waals surface area contributed by atoms with Crippen molar-refractivity contribution in [2.45, 2.75) is 13.3 Å². The van der Waals surface area contributed by atoms with Gasteiger partial charge >= 0.3 is 0 Å². The van der Waals surface area contributed by atoms with E-state index in [0.29, 0.717) is 28.0 Å². The smallest absolute Gasteiger partial charge is 0.260 e. The average molecular weight is 418 g/mol. The summed E-state index contributed by atoms with van der Waals surface area (Å²) in [6.45, 7) is 1.72. The van der Waals surface area contributed by atoms with E-state index >= 15 is 0 Å². The summed E-state index contributed by atoms with van der Waals surface area (Å²) in [5.74, 6) is 0.478. The molecular weight excluding hydrogens is 400 g/mol. The van der Waals surface area contributed by atoms with E-state index in [4.69, 9.17) is 4.42 Å². The monoisotopic (exact) mass is 418 g/mol. The van der Waals surface area contributed by atoms with Gasteiger partial charge in [-0.1, -0.05) is 30.3 Å². The molecule has 3 aromatic heterocycles. The maximum atomic E-state index is 12.3. The number of nitrogens with zero attached hydrogens (tertiary/aromatic N) is 2. The van der Waals surface area contributed by atoms with Crippen LogP contribution in [0.1, 0.15) is 21.8 Å². The van der Waals surface area contributed by atoms with Gasteiger partial charge in [-0.15, -0.1) is 11.3 Å². The molecule has 7 nitrogen and oxygen atoms in total. The van der Waals surface area contributed by atoms with Gasteiger partial charge in [-0.3, -0.25) is 14.9 Å². The third-order valence-electron chi connectivity index (χ3n) is 4.36. The molecule has 1 aromatic carbocycles. The van der Waals surface area contributed by atoms with Crippen LogP contribution in [0.15, 0.2) is 70.8 Å². The van der Waals surface area contributed by atoms with Gasteiger partial charge in [-0.25, -0.2) is 9.97 Å². The van der Waals surface area contributed by atoms with Crippen molar-refractivity contribution in [2.75, 3.05) is 10.6 Å². The van der Waals surface area contributed by atoms with Crippen LogP contribution in [-0.4, -0.2) is 21.8 Å². The van der Waals surface area contributed by atoms with E-state index in [1.54, 1.807) is 30.6 Å². The number of rotatable bonds is 6. The molecule has 0 spiro atoms. The van der Waals surface area contributed by atoms with Crippen LogP contribution >= 0.6 is 11.3 Å². The lowest BCUT2D eigenvalue weighted by molar-refractivity contribution is -0.115. The highest BCUT2D eigenvalue weighted by Gasteiger charge is 2.14. The van der Waals surface area contributed by atoms with E-state index in [9.17, 15) is 9.59 Å². The number of amides is 2. The number of thiazole rings is 1. The number of aromatic nitrogens is 2. The molecular formula is C22H18N4O3S. The predicted octanol–water partition coefficient (Wildman–Crippen LogP) is 4.54. The molecule has 0 fully saturated rings. The maximum Gasteiger partial charge on any atom is 0.260 e. The molecule has 0 saturated heterocycles. The molecule has 0 bridgehead atoms. The van der Waals surface area contributed by atoms with Gasteiger partial charge in [-0.05, 0) is 30.7 Å². The Morgan fingerprint density at radius 1 is 1.03 bits per heavy atom. The standard InChI is InChI=1S/C22H18N4O3S/c1-14-18(9-10-29-14)21(28)26-22-24-17(13-30-22)11-20(27)25-19-8-7-16(12-23-19)15-5-3-2-4-6-15/h2-10,12-13H,11H2,1H3,(H,23,25,27)(H,24,26,28). The highest BCUT2D eigenvalue weighted by Crippen LogP contribution is 2.20. The van der Waals surface area contributed by atoms with Crippen LogP contribution in [0.5, 0.6) is 0 Å². The van der Waals surface area contributed by atoms with E-state index < -0.39 is 0 Å². The van der Waals surface area contributed by atoms with Crippen molar-refractivity contribution in [3.63, 3.8) is 0 Å². The van der Waals surface area contributed by atoms with Crippen molar-refractivity contribution in [3.8, 4) is 11.1 Å². The van der Waals surface area contributed by atoms with Gasteiger partial charge in [0.1, 0.15) is 11.6 Å².